The molecule has 0 radical (unpaired) electrons. The lowest BCUT2D eigenvalue weighted by Gasteiger charge is -1.99. The summed E-state index contributed by atoms with van der Waals surface area (Å²) in [6.07, 6.45) is 0.417. The lowest BCUT2D eigenvalue weighted by Crippen LogP contribution is -2.14. The summed E-state index contributed by atoms with van der Waals surface area (Å²) in [5.74, 6) is 0.217. The highest BCUT2D eigenvalue weighted by Crippen LogP contribution is 2.23. The molecule has 19 heavy (non-hydrogen) atoms. The van der Waals surface area contributed by atoms with E-state index >= 15 is 0 Å². The number of thiazole rings is 1. The number of nitrogens with one attached hydrogen (secondary N) is 1. The van der Waals surface area contributed by atoms with Crippen molar-refractivity contribution in [1.82, 2.24) is 4.98 Å². The van der Waals surface area contributed by atoms with E-state index in [9.17, 15) is 9.59 Å². The van der Waals surface area contributed by atoms with Gasteiger partial charge in [-0.05, 0) is 6.92 Å². The Morgan fingerprint density at radius 1 is 1.58 bits per heavy atom. The van der Waals surface area contributed by atoms with Gasteiger partial charge in [0, 0.05) is 12.2 Å². The van der Waals surface area contributed by atoms with Gasteiger partial charge in [-0.1, -0.05) is 11.3 Å². The van der Waals surface area contributed by atoms with E-state index in [1.54, 1.807) is 6.92 Å². The summed E-state index contributed by atoms with van der Waals surface area (Å²) in [5.41, 5.74) is 0.532. The van der Waals surface area contributed by atoms with Crippen molar-refractivity contribution in [3.8, 4) is 6.07 Å². The molecule has 0 fully saturated rings. The monoisotopic (exact) mass is 299 g/mol. The minimum absolute atomic E-state index is 0.201. The standard InChI is InChI=1S/C11H13N3O3S2/c1-7-9(10(16)17-2)19-11(13-7)14-8(15)6-18-5-3-4-12/h3,5-6H2,1-2H3,(H,13,14,15). The lowest BCUT2D eigenvalue weighted by molar-refractivity contribution is -0.113. The summed E-state index contributed by atoms with van der Waals surface area (Å²) in [7, 11) is 1.30. The Bertz CT molecular complexity index is 508. The second-order valence-corrected chi connectivity index (χ2v) is 5.54. The van der Waals surface area contributed by atoms with Crippen LogP contribution in [0, 0.1) is 18.3 Å². The van der Waals surface area contributed by atoms with Crippen LogP contribution in [0.3, 0.4) is 0 Å². The number of ether oxygens (including phenoxy) is 1. The van der Waals surface area contributed by atoms with Gasteiger partial charge in [0.1, 0.15) is 4.88 Å². The van der Waals surface area contributed by atoms with Crippen LogP contribution in [-0.2, 0) is 9.53 Å². The highest BCUT2D eigenvalue weighted by Gasteiger charge is 2.16. The average Bonchev–Trinajstić information content (AvgIpc) is 2.74. The molecule has 0 saturated carbocycles. The Morgan fingerprint density at radius 3 is 2.95 bits per heavy atom. The summed E-state index contributed by atoms with van der Waals surface area (Å²) in [6, 6.07) is 2.01. The van der Waals surface area contributed by atoms with Gasteiger partial charge in [0.25, 0.3) is 0 Å². The molecule has 0 aliphatic carbocycles. The number of hydrogen-bond acceptors (Lipinski definition) is 7. The molecule has 1 heterocycles. The molecule has 6 nitrogen and oxygen atoms in total. The van der Waals surface area contributed by atoms with Crippen molar-refractivity contribution in [3.05, 3.63) is 10.6 Å². The van der Waals surface area contributed by atoms with Crippen molar-refractivity contribution in [2.75, 3.05) is 23.9 Å². The highest BCUT2D eigenvalue weighted by molar-refractivity contribution is 7.99. The fraction of sp³-hybridized carbons (Fsp3) is 0.455. The molecular weight excluding hydrogens is 286 g/mol. The van der Waals surface area contributed by atoms with E-state index in [1.807, 2.05) is 6.07 Å². The molecule has 8 heteroatoms. The summed E-state index contributed by atoms with van der Waals surface area (Å²) < 4.78 is 4.61. The molecule has 102 valence electrons. The van der Waals surface area contributed by atoms with Crippen LogP contribution in [0.2, 0.25) is 0 Å². The Labute approximate surface area is 119 Å². The van der Waals surface area contributed by atoms with Gasteiger partial charge in [-0.25, -0.2) is 9.78 Å². The van der Waals surface area contributed by atoms with Crippen molar-refractivity contribution < 1.29 is 14.3 Å². The molecule has 1 aromatic rings. The van der Waals surface area contributed by atoms with Crippen molar-refractivity contribution in [2.24, 2.45) is 0 Å². The minimum atomic E-state index is -0.459. The molecule has 1 amide bonds. The third-order valence-corrected chi connectivity index (χ3v) is 4.02. The van der Waals surface area contributed by atoms with Crippen molar-refractivity contribution in [2.45, 2.75) is 13.3 Å². The first-order chi connectivity index (χ1) is 9.08. The highest BCUT2D eigenvalue weighted by atomic mass is 32.2. The third kappa shape index (κ3) is 4.89. The Balaban J connectivity index is 2.51. The largest absolute Gasteiger partial charge is 0.465 e. The summed E-state index contributed by atoms with van der Waals surface area (Å²) in [6.45, 7) is 1.68. The Morgan fingerprint density at radius 2 is 2.32 bits per heavy atom. The molecule has 0 aliphatic heterocycles. The van der Waals surface area contributed by atoms with E-state index in [2.05, 4.69) is 15.0 Å². The smallest absolute Gasteiger partial charge is 0.350 e. The molecule has 1 aromatic heterocycles. The Kier molecular flexibility index (Phi) is 6.32. The number of thioether (sulfide) groups is 1. The number of aromatic nitrogens is 1. The van der Waals surface area contributed by atoms with Crippen LogP contribution in [-0.4, -0.2) is 35.5 Å². The average molecular weight is 299 g/mol. The van der Waals surface area contributed by atoms with Gasteiger partial charge in [0.2, 0.25) is 5.91 Å². The topological polar surface area (TPSA) is 92.1 Å². The molecule has 1 N–H and O–H groups in total. The van der Waals surface area contributed by atoms with Gasteiger partial charge < -0.3 is 10.1 Å². The minimum Gasteiger partial charge on any atom is -0.465 e. The number of anilines is 1. The van der Waals surface area contributed by atoms with Gasteiger partial charge in [0.15, 0.2) is 5.13 Å². The second kappa shape index (κ2) is 7.76. The van der Waals surface area contributed by atoms with E-state index < -0.39 is 5.97 Å². The number of nitrogens with zero attached hydrogens (tertiary/aromatic N) is 2. The number of aryl methyl sites for hydroxylation is 1. The number of amides is 1. The van der Waals surface area contributed by atoms with Gasteiger partial charge in [-0.15, -0.1) is 0 Å². The van der Waals surface area contributed by atoms with Gasteiger partial charge in [0.05, 0.1) is 24.6 Å². The number of rotatable bonds is 6. The molecule has 0 unspecified atom stereocenters. The maximum atomic E-state index is 11.6. The zero-order valence-corrected chi connectivity index (χ0v) is 12.2. The number of esters is 1. The quantitative estimate of drug-likeness (QED) is 0.636. The number of carbonyl (C=O) groups is 2. The summed E-state index contributed by atoms with van der Waals surface area (Å²) >= 11 is 2.46. The zero-order chi connectivity index (χ0) is 14.3. The second-order valence-electron chi connectivity index (χ2n) is 3.43. The molecule has 0 bridgehead atoms. The molecular formula is C11H13N3O3S2. The van der Waals surface area contributed by atoms with E-state index in [1.165, 1.54) is 18.9 Å². The van der Waals surface area contributed by atoms with Crippen LogP contribution in [0.25, 0.3) is 0 Å². The van der Waals surface area contributed by atoms with Crippen molar-refractivity contribution in [3.63, 3.8) is 0 Å². The van der Waals surface area contributed by atoms with Crippen LogP contribution in [0.1, 0.15) is 21.8 Å². The molecule has 0 saturated heterocycles. The van der Waals surface area contributed by atoms with Gasteiger partial charge in [-0.3, -0.25) is 4.79 Å². The first-order valence-corrected chi connectivity index (χ1v) is 7.36. The predicted molar refractivity (Wildman–Crippen MR) is 74.4 cm³/mol. The van der Waals surface area contributed by atoms with Gasteiger partial charge >= 0.3 is 5.97 Å². The SMILES string of the molecule is COC(=O)c1sc(NC(=O)CSCCC#N)nc1C. The van der Waals surface area contributed by atoms with Crippen molar-refractivity contribution in [1.29, 1.82) is 5.26 Å². The fourth-order valence-corrected chi connectivity index (χ4v) is 2.71. The maximum Gasteiger partial charge on any atom is 0.350 e. The Hall–Kier alpha value is -1.59. The van der Waals surface area contributed by atoms with E-state index in [-0.39, 0.29) is 11.7 Å². The van der Waals surface area contributed by atoms with E-state index in [0.29, 0.717) is 27.9 Å². The molecule has 0 aliphatic rings. The lowest BCUT2D eigenvalue weighted by atomic mass is 10.4. The number of nitriles is 1. The van der Waals surface area contributed by atoms with Crippen LogP contribution in [0.5, 0.6) is 0 Å². The molecule has 0 atom stereocenters. The predicted octanol–water partition coefficient (Wildman–Crippen LogP) is 1.82. The van der Waals surface area contributed by atoms with Crippen LogP contribution >= 0.6 is 23.1 Å². The summed E-state index contributed by atoms with van der Waals surface area (Å²) in [4.78, 5) is 27.4. The molecule has 0 spiro atoms. The van der Waals surface area contributed by atoms with Crippen molar-refractivity contribution >= 4 is 40.1 Å². The molecule has 1 rings (SSSR count). The van der Waals surface area contributed by atoms with E-state index in [0.717, 1.165) is 11.3 Å². The zero-order valence-electron chi connectivity index (χ0n) is 10.6. The third-order valence-electron chi connectivity index (χ3n) is 2.01. The number of methoxy groups -OCH3 is 1. The van der Waals surface area contributed by atoms with Crippen LogP contribution in [0.4, 0.5) is 5.13 Å². The first kappa shape index (κ1) is 15.5. The fourth-order valence-electron chi connectivity index (χ4n) is 1.17. The number of hydrogen-bond donors (Lipinski definition) is 1. The van der Waals surface area contributed by atoms with E-state index in [4.69, 9.17) is 5.26 Å². The normalized spacial score (nSPS) is 9.74. The van der Waals surface area contributed by atoms with Crippen LogP contribution in [0.15, 0.2) is 0 Å². The van der Waals surface area contributed by atoms with Crippen LogP contribution < -0.4 is 5.32 Å². The maximum absolute atomic E-state index is 11.6. The molecule has 0 aromatic carbocycles. The first-order valence-electron chi connectivity index (χ1n) is 5.38. The number of carbonyl (C=O) groups excluding carboxylic acids is 2. The van der Waals surface area contributed by atoms with Gasteiger partial charge in [-0.2, -0.15) is 17.0 Å². The summed E-state index contributed by atoms with van der Waals surface area (Å²) in [5, 5.41) is 11.4.